The summed E-state index contributed by atoms with van der Waals surface area (Å²) in [5.41, 5.74) is 8.09. The molecule has 0 bridgehead atoms. The lowest BCUT2D eigenvalue weighted by molar-refractivity contribution is 0.0531. The fraction of sp³-hybridized carbons (Fsp3) is 0.409. The number of guanidine groups is 1. The molecule has 8 heteroatoms. The number of methoxy groups -OCH3 is 3. The summed E-state index contributed by atoms with van der Waals surface area (Å²) in [6.45, 7) is 2.00. The van der Waals surface area contributed by atoms with Crippen LogP contribution in [0.3, 0.4) is 0 Å². The van der Waals surface area contributed by atoms with Crippen molar-refractivity contribution in [2.45, 2.75) is 18.3 Å². The third kappa shape index (κ3) is 5.69. The molecule has 1 heterocycles. The second kappa shape index (κ2) is 11.3. The molecule has 164 valence electrons. The van der Waals surface area contributed by atoms with Gasteiger partial charge in [0.05, 0.1) is 27.9 Å². The van der Waals surface area contributed by atoms with Gasteiger partial charge in [0.1, 0.15) is 5.75 Å². The quantitative estimate of drug-likeness (QED) is 0.324. The van der Waals surface area contributed by atoms with Crippen LogP contribution in [0.25, 0.3) is 0 Å². The van der Waals surface area contributed by atoms with Gasteiger partial charge in [-0.3, -0.25) is 4.99 Å². The van der Waals surface area contributed by atoms with Crippen LogP contribution in [-0.4, -0.2) is 47.0 Å². The molecular weight excluding hydrogens is 497 g/mol. The maximum atomic E-state index is 6.18. The summed E-state index contributed by atoms with van der Waals surface area (Å²) >= 11 is 0. The molecule has 7 nitrogen and oxygen atoms in total. The van der Waals surface area contributed by atoms with E-state index in [-0.39, 0.29) is 29.4 Å². The first kappa shape index (κ1) is 24.1. The van der Waals surface area contributed by atoms with Crippen molar-refractivity contribution >= 4 is 35.6 Å². The predicted octanol–water partition coefficient (Wildman–Crippen LogP) is 3.81. The van der Waals surface area contributed by atoms with Crippen molar-refractivity contribution in [1.82, 2.24) is 0 Å². The fourth-order valence-corrected chi connectivity index (χ4v) is 3.58. The lowest BCUT2D eigenvalue weighted by atomic mass is 9.74. The molecule has 0 unspecified atom stereocenters. The fourth-order valence-electron chi connectivity index (χ4n) is 3.58. The van der Waals surface area contributed by atoms with Crippen LogP contribution in [0.15, 0.2) is 47.5 Å². The summed E-state index contributed by atoms with van der Waals surface area (Å²) in [6, 6.07) is 13.7. The minimum atomic E-state index is -0.103. The Labute approximate surface area is 195 Å². The van der Waals surface area contributed by atoms with Crippen LogP contribution in [-0.2, 0) is 10.2 Å². The lowest BCUT2D eigenvalue weighted by Crippen LogP contribution is -2.38. The highest BCUT2D eigenvalue weighted by atomic mass is 127. The summed E-state index contributed by atoms with van der Waals surface area (Å²) in [5, 5.41) is 3.14. The average Bonchev–Trinajstić information content (AvgIpc) is 2.78. The molecule has 0 spiro atoms. The highest BCUT2D eigenvalue weighted by molar-refractivity contribution is 14.0. The number of anilines is 1. The zero-order valence-electron chi connectivity index (χ0n) is 17.6. The number of benzene rings is 2. The van der Waals surface area contributed by atoms with Crippen LogP contribution in [0.1, 0.15) is 18.4 Å². The van der Waals surface area contributed by atoms with Gasteiger partial charge in [0.2, 0.25) is 0 Å². The number of nitrogens with two attached hydrogens (primary N) is 1. The first-order chi connectivity index (χ1) is 14.1. The maximum absolute atomic E-state index is 6.18. The van der Waals surface area contributed by atoms with Crippen molar-refractivity contribution in [3.8, 4) is 17.2 Å². The second-order valence-corrected chi connectivity index (χ2v) is 7.02. The highest BCUT2D eigenvalue weighted by Crippen LogP contribution is 2.36. The van der Waals surface area contributed by atoms with Gasteiger partial charge < -0.3 is 30.0 Å². The van der Waals surface area contributed by atoms with Crippen LogP contribution in [0.2, 0.25) is 0 Å². The summed E-state index contributed by atoms with van der Waals surface area (Å²) in [5.74, 6) is 2.49. The van der Waals surface area contributed by atoms with Gasteiger partial charge in [0.15, 0.2) is 17.5 Å². The maximum Gasteiger partial charge on any atom is 0.193 e. The van der Waals surface area contributed by atoms with E-state index >= 15 is 0 Å². The third-order valence-corrected chi connectivity index (χ3v) is 5.36. The summed E-state index contributed by atoms with van der Waals surface area (Å²) in [7, 11) is 4.88. The summed E-state index contributed by atoms with van der Waals surface area (Å²) in [4.78, 5) is 4.66. The number of nitrogens with one attached hydrogen (secondary N) is 1. The van der Waals surface area contributed by atoms with Gasteiger partial charge in [-0.05, 0) is 42.7 Å². The normalized spacial score (nSPS) is 15.6. The van der Waals surface area contributed by atoms with Crippen molar-refractivity contribution in [3.05, 3.63) is 48.0 Å². The molecule has 0 amide bonds. The van der Waals surface area contributed by atoms with Gasteiger partial charge in [-0.1, -0.05) is 12.1 Å². The van der Waals surface area contributed by atoms with E-state index in [1.54, 1.807) is 21.3 Å². The van der Waals surface area contributed by atoms with Gasteiger partial charge in [0, 0.05) is 30.4 Å². The molecule has 1 aliphatic heterocycles. The molecule has 2 aromatic carbocycles. The average molecular weight is 527 g/mol. The van der Waals surface area contributed by atoms with Gasteiger partial charge in [-0.15, -0.1) is 24.0 Å². The number of hydrogen-bond acceptors (Lipinski definition) is 5. The van der Waals surface area contributed by atoms with E-state index in [1.807, 2.05) is 30.3 Å². The SMILES string of the molecule is COc1ccc(C2(CN=C(N)Nc3ccc(OC)c(OC)c3)CCOCC2)cc1.I. The molecule has 0 aliphatic carbocycles. The number of nitrogens with zero attached hydrogens (tertiary/aromatic N) is 1. The van der Waals surface area contributed by atoms with E-state index in [9.17, 15) is 0 Å². The molecule has 0 atom stereocenters. The smallest absolute Gasteiger partial charge is 0.193 e. The molecule has 2 aromatic rings. The molecule has 1 saturated heterocycles. The van der Waals surface area contributed by atoms with Crippen molar-refractivity contribution in [1.29, 1.82) is 0 Å². The number of aliphatic imine (C=N–C) groups is 1. The Balaban J connectivity index is 0.00000320. The van der Waals surface area contributed by atoms with Crippen LogP contribution in [0, 0.1) is 0 Å². The number of hydrogen-bond donors (Lipinski definition) is 2. The summed E-state index contributed by atoms with van der Waals surface area (Å²) < 4.78 is 21.5. The van der Waals surface area contributed by atoms with Crippen LogP contribution in [0.4, 0.5) is 5.69 Å². The lowest BCUT2D eigenvalue weighted by Gasteiger charge is -2.36. The van der Waals surface area contributed by atoms with E-state index in [0.717, 1.165) is 24.3 Å². The number of halogens is 1. The third-order valence-electron chi connectivity index (χ3n) is 5.36. The second-order valence-electron chi connectivity index (χ2n) is 7.02. The minimum absolute atomic E-state index is 0. The van der Waals surface area contributed by atoms with Gasteiger partial charge in [-0.25, -0.2) is 0 Å². The zero-order valence-corrected chi connectivity index (χ0v) is 20.0. The Hall–Kier alpha value is -2.20. The molecule has 1 fully saturated rings. The zero-order chi connectivity index (χ0) is 20.7. The molecule has 3 rings (SSSR count). The van der Waals surface area contributed by atoms with Crippen molar-refractivity contribution < 1.29 is 18.9 Å². The Kier molecular flexibility index (Phi) is 9.04. The minimum Gasteiger partial charge on any atom is -0.497 e. The largest absolute Gasteiger partial charge is 0.497 e. The molecule has 30 heavy (non-hydrogen) atoms. The first-order valence-corrected chi connectivity index (χ1v) is 9.61. The van der Waals surface area contributed by atoms with Crippen LogP contribution in [0.5, 0.6) is 17.2 Å². The highest BCUT2D eigenvalue weighted by Gasteiger charge is 2.34. The van der Waals surface area contributed by atoms with E-state index in [1.165, 1.54) is 5.56 Å². The number of ether oxygens (including phenoxy) is 4. The van der Waals surface area contributed by atoms with E-state index in [2.05, 4.69) is 22.4 Å². The van der Waals surface area contributed by atoms with Crippen LogP contribution < -0.4 is 25.3 Å². The van der Waals surface area contributed by atoms with Crippen molar-refractivity contribution in [2.75, 3.05) is 46.4 Å². The first-order valence-electron chi connectivity index (χ1n) is 9.61. The monoisotopic (exact) mass is 527 g/mol. The van der Waals surface area contributed by atoms with E-state index in [0.29, 0.717) is 37.2 Å². The van der Waals surface area contributed by atoms with Gasteiger partial charge in [-0.2, -0.15) is 0 Å². The molecule has 0 saturated carbocycles. The van der Waals surface area contributed by atoms with E-state index < -0.39 is 0 Å². The Morgan fingerprint density at radius 3 is 2.27 bits per heavy atom. The standard InChI is InChI=1S/C22H29N3O4.HI/c1-26-18-7-4-16(5-8-18)22(10-12-29-13-11-22)15-24-21(23)25-17-6-9-19(27-2)20(14-17)28-3;/h4-9,14H,10-13,15H2,1-3H3,(H3,23,24,25);1H. The molecule has 0 aromatic heterocycles. The summed E-state index contributed by atoms with van der Waals surface area (Å²) in [6.07, 6.45) is 1.79. The Bertz CT molecular complexity index is 837. The van der Waals surface area contributed by atoms with Crippen molar-refractivity contribution in [3.63, 3.8) is 0 Å². The molecular formula is C22H30IN3O4. The van der Waals surface area contributed by atoms with Gasteiger partial charge in [0.25, 0.3) is 0 Å². The Morgan fingerprint density at radius 1 is 1.00 bits per heavy atom. The predicted molar refractivity (Wildman–Crippen MR) is 130 cm³/mol. The van der Waals surface area contributed by atoms with Gasteiger partial charge >= 0.3 is 0 Å². The molecule has 0 radical (unpaired) electrons. The molecule has 3 N–H and O–H groups in total. The molecule has 1 aliphatic rings. The van der Waals surface area contributed by atoms with Crippen molar-refractivity contribution in [2.24, 2.45) is 10.7 Å². The topological polar surface area (TPSA) is 87.3 Å². The van der Waals surface area contributed by atoms with Crippen LogP contribution >= 0.6 is 24.0 Å². The van der Waals surface area contributed by atoms with E-state index in [4.69, 9.17) is 24.7 Å². The number of rotatable bonds is 7. The Morgan fingerprint density at radius 2 is 1.67 bits per heavy atom.